The number of likely N-dealkylation sites (N-methyl/N-ethyl adjacent to an activating group) is 1. The molecule has 49 heavy (non-hydrogen) atoms. The number of carbonyl (C=O) groups is 2. The molecule has 1 atom stereocenters. The van der Waals surface area contributed by atoms with Gasteiger partial charge in [-0.05, 0) is 74.2 Å². The Morgan fingerprint density at radius 2 is 1.29 bits per heavy atom. The van der Waals surface area contributed by atoms with Crippen LogP contribution in [0.3, 0.4) is 0 Å². The molecule has 2 aromatic heterocycles. The number of phosphoric acid groups is 1. The number of imide groups is 1. The van der Waals surface area contributed by atoms with Gasteiger partial charge in [0.15, 0.2) is 0 Å². The van der Waals surface area contributed by atoms with Crippen LogP contribution in [0.5, 0.6) is 0 Å². The molecule has 0 aliphatic carbocycles. The Labute approximate surface area is 287 Å². The van der Waals surface area contributed by atoms with Crippen molar-refractivity contribution >= 4 is 52.6 Å². The highest BCUT2D eigenvalue weighted by molar-refractivity contribution is 7.48. The maximum atomic E-state index is 14.6. The van der Waals surface area contributed by atoms with Crippen molar-refractivity contribution in [3.05, 3.63) is 72.1 Å². The Morgan fingerprint density at radius 3 is 1.78 bits per heavy atom. The summed E-state index contributed by atoms with van der Waals surface area (Å²) in [7, 11) is -0.157. The van der Waals surface area contributed by atoms with Crippen LogP contribution in [-0.2, 0) is 45.6 Å². The van der Waals surface area contributed by atoms with Crippen molar-refractivity contribution in [3.63, 3.8) is 0 Å². The number of benzene rings is 2. The average Bonchev–Trinajstić information content (AvgIpc) is 3.61. The summed E-state index contributed by atoms with van der Waals surface area (Å²) in [6, 6.07) is 15.7. The van der Waals surface area contributed by atoms with Gasteiger partial charge in [0, 0.05) is 65.0 Å². The Morgan fingerprint density at radius 1 is 0.796 bits per heavy atom. The van der Waals surface area contributed by atoms with E-state index in [1.54, 1.807) is 41.5 Å². The van der Waals surface area contributed by atoms with Crippen LogP contribution in [0.15, 0.2) is 60.9 Å². The molecule has 2 aliphatic heterocycles. The lowest BCUT2D eigenvalue weighted by Gasteiger charge is -2.31. The van der Waals surface area contributed by atoms with Crippen molar-refractivity contribution in [3.8, 4) is 0 Å². The molecule has 0 saturated carbocycles. The molecule has 6 rings (SSSR count). The van der Waals surface area contributed by atoms with Gasteiger partial charge < -0.3 is 18.8 Å². The van der Waals surface area contributed by atoms with Gasteiger partial charge in [0.25, 0.3) is 11.8 Å². The Bertz CT molecular complexity index is 1960. The van der Waals surface area contributed by atoms with E-state index in [1.807, 2.05) is 75.0 Å². The third-order valence-corrected chi connectivity index (χ3v) is 10.3. The predicted octanol–water partition coefficient (Wildman–Crippen LogP) is 6.94. The van der Waals surface area contributed by atoms with Crippen LogP contribution >= 0.6 is 7.82 Å². The van der Waals surface area contributed by atoms with Gasteiger partial charge >= 0.3 is 7.82 Å². The van der Waals surface area contributed by atoms with E-state index in [0.717, 1.165) is 39.7 Å². The van der Waals surface area contributed by atoms with Gasteiger partial charge in [0.05, 0.1) is 35.1 Å². The number of para-hydroxylation sites is 2. The molecule has 0 N–H and O–H groups in total. The average molecular weight is 691 g/mol. The highest BCUT2D eigenvalue weighted by atomic mass is 31.2. The number of amides is 2. The monoisotopic (exact) mass is 690 g/mol. The highest BCUT2D eigenvalue weighted by Gasteiger charge is 2.45. The molecule has 4 bridgehead atoms. The summed E-state index contributed by atoms with van der Waals surface area (Å²) in [6.45, 7) is 12.2. The van der Waals surface area contributed by atoms with Crippen molar-refractivity contribution in [2.24, 2.45) is 0 Å². The van der Waals surface area contributed by atoms with E-state index in [0.29, 0.717) is 30.8 Å². The van der Waals surface area contributed by atoms with Crippen LogP contribution in [0.25, 0.3) is 33.0 Å². The first kappa shape index (κ1) is 35.3. The second-order valence-electron chi connectivity index (χ2n) is 15.0. The van der Waals surface area contributed by atoms with E-state index >= 15 is 0 Å². The fourth-order valence-corrected chi connectivity index (χ4v) is 8.30. The molecule has 0 saturated heterocycles. The minimum atomic E-state index is -4.24. The number of ether oxygens (including phenoxy) is 1. The molecule has 262 valence electrons. The summed E-state index contributed by atoms with van der Waals surface area (Å²) >= 11 is 0. The number of aromatic nitrogens is 2. The van der Waals surface area contributed by atoms with E-state index in [9.17, 15) is 14.2 Å². The SMILES string of the molecule is CN(C)C[C@@H]1CCn2cc(c3ccccc32)C2=C(C(=O)N(COP(=O)(OC(C)(C)C)OC(C)(C)C)C2=O)c2cn(c3ccccc23)CCO1. The molecular weight excluding hydrogens is 643 g/mol. The lowest BCUT2D eigenvalue weighted by Crippen LogP contribution is -2.34. The first-order valence-corrected chi connectivity index (χ1v) is 18.2. The van der Waals surface area contributed by atoms with Gasteiger partial charge in [-0.1, -0.05) is 36.4 Å². The maximum absolute atomic E-state index is 14.6. The molecule has 2 aliphatic rings. The molecule has 0 unspecified atom stereocenters. The number of fused-ring (bicyclic) bond motifs is 12. The molecule has 0 fully saturated rings. The molecule has 0 spiro atoms. The maximum Gasteiger partial charge on any atom is 0.477 e. The molecule has 4 aromatic rings. The van der Waals surface area contributed by atoms with E-state index in [4.69, 9.17) is 18.3 Å². The summed E-state index contributed by atoms with van der Waals surface area (Å²) in [4.78, 5) is 32.3. The minimum absolute atomic E-state index is 0.0118. The number of hydrogen-bond donors (Lipinski definition) is 0. The van der Waals surface area contributed by atoms with E-state index < -0.39 is 37.6 Å². The first-order valence-electron chi connectivity index (χ1n) is 16.7. The Kier molecular flexibility index (Phi) is 9.56. The molecule has 12 heteroatoms. The quantitative estimate of drug-likeness (QED) is 0.152. The molecular formula is C37H47N4O7P. The normalized spacial score (nSPS) is 18.2. The number of phosphoric ester groups is 1. The number of rotatable bonds is 7. The summed E-state index contributed by atoms with van der Waals surface area (Å²) in [6.07, 6.45) is 4.64. The molecule has 11 nitrogen and oxygen atoms in total. The number of hydrogen-bond acceptors (Lipinski definition) is 8. The van der Waals surface area contributed by atoms with Gasteiger partial charge in [0.1, 0.15) is 6.73 Å². The van der Waals surface area contributed by atoms with E-state index in [2.05, 4.69) is 14.0 Å². The zero-order valence-electron chi connectivity index (χ0n) is 29.7. The summed E-state index contributed by atoms with van der Waals surface area (Å²) in [5.74, 6) is -1.09. The zero-order valence-corrected chi connectivity index (χ0v) is 30.6. The lowest BCUT2D eigenvalue weighted by molar-refractivity contribution is -0.140. The van der Waals surface area contributed by atoms with Crippen molar-refractivity contribution in [1.82, 2.24) is 18.9 Å². The third kappa shape index (κ3) is 7.48. The Balaban J connectivity index is 1.50. The van der Waals surface area contributed by atoms with Crippen LogP contribution in [0, 0.1) is 0 Å². The fourth-order valence-electron chi connectivity index (χ4n) is 6.56. The third-order valence-electron chi connectivity index (χ3n) is 8.35. The second kappa shape index (κ2) is 13.3. The topological polar surface area (TPSA) is 104 Å². The predicted molar refractivity (Wildman–Crippen MR) is 191 cm³/mol. The highest BCUT2D eigenvalue weighted by Crippen LogP contribution is 2.56. The van der Waals surface area contributed by atoms with E-state index in [1.165, 1.54) is 0 Å². The van der Waals surface area contributed by atoms with Gasteiger partial charge in [-0.25, -0.2) is 9.46 Å². The van der Waals surface area contributed by atoms with Gasteiger partial charge in [-0.2, -0.15) is 0 Å². The van der Waals surface area contributed by atoms with Gasteiger partial charge in [-0.15, -0.1) is 0 Å². The van der Waals surface area contributed by atoms with Crippen molar-refractivity contribution in [1.29, 1.82) is 0 Å². The van der Waals surface area contributed by atoms with Gasteiger partial charge in [0.2, 0.25) is 0 Å². The van der Waals surface area contributed by atoms with Crippen LogP contribution in [0.1, 0.15) is 59.1 Å². The number of aryl methyl sites for hydroxylation is 1. The van der Waals surface area contributed by atoms with Crippen LogP contribution in [0.4, 0.5) is 0 Å². The van der Waals surface area contributed by atoms with Crippen LogP contribution in [0.2, 0.25) is 0 Å². The summed E-state index contributed by atoms with van der Waals surface area (Å²) < 4.78 is 42.1. The molecule has 2 amide bonds. The zero-order chi connectivity index (χ0) is 35.3. The number of carbonyl (C=O) groups excluding carboxylic acids is 2. The minimum Gasteiger partial charge on any atom is -0.375 e. The fraction of sp³-hybridized carbons (Fsp3) is 0.459. The first-order chi connectivity index (χ1) is 23.0. The summed E-state index contributed by atoms with van der Waals surface area (Å²) in [5, 5.41) is 1.68. The van der Waals surface area contributed by atoms with Crippen molar-refractivity contribution in [2.75, 3.05) is 34.0 Å². The lowest BCUT2D eigenvalue weighted by atomic mass is 9.95. The van der Waals surface area contributed by atoms with Crippen LogP contribution in [-0.4, -0.2) is 82.0 Å². The number of nitrogens with zero attached hydrogens (tertiary/aromatic N) is 4. The van der Waals surface area contributed by atoms with Crippen molar-refractivity contribution < 1.29 is 32.5 Å². The van der Waals surface area contributed by atoms with Crippen LogP contribution < -0.4 is 0 Å². The molecule has 2 aromatic carbocycles. The largest absolute Gasteiger partial charge is 0.477 e. The second-order valence-corrected chi connectivity index (χ2v) is 16.5. The van der Waals surface area contributed by atoms with E-state index in [-0.39, 0.29) is 17.3 Å². The smallest absolute Gasteiger partial charge is 0.375 e. The van der Waals surface area contributed by atoms with Gasteiger partial charge in [-0.3, -0.25) is 23.2 Å². The summed E-state index contributed by atoms with van der Waals surface area (Å²) in [5.41, 5.74) is 1.89. The van der Waals surface area contributed by atoms with Crippen molar-refractivity contribution in [2.45, 2.75) is 78.4 Å². The molecule has 4 heterocycles. The Hall–Kier alpha value is -3.57. The standard InChI is InChI=1S/C37H47N4O7P/c1-36(2,3)47-49(44,48-37(4,5)6)46-24-41-34(42)32-28-22-39(30-15-11-9-13-26(28)30)18-17-25(21-38(7)8)45-20-19-40-23-29(33(32)35(41)43)27-14-10-12-16-31(27)40/h9-16,22-23,25H,17-21,24H2,1-8H3/t25-/m0/s1. The molecule has 0 radical (unpaired) electrons.